The third kappa shape index (κ3) is 7.30. The Morgan fingerprint density at radius 2 is 2.02 bits per heavy atom. The average Bonchev–Trinajstić information content (AvgIpc) is 2.98. The highest BCUT2D eigenvalue weighted by atomic mass is 35.5. The number of halogens is 1. The van der Waals surface area contributed by atoms with E-state index in [4.69, 9.17) is 31.2 Å². The number of carboxylic acids is 1. The number of rotatable bonds is 12. The molecule has 0 radical (unpaired) electrons. The molecule has 2 aliphatic rings. The van der Waals surface area contributed by atoms with Gasteiger partial charge in [0.25, 0.3) is 0 Å². The van der Waals surface area contributed by atoms with E-state index in [0.717, 1.165) is 61.4 Å². The molecule has 0 saturated carbocycles. The number of benzene rings is 1. The minimum absolute atomic E-state index is 0.0615. The molecule has 3 aromatic rings. The Morgan fingerprint density at radius 1 is 1.22 bits per heavy atom. The standard InChI is InChI=1S/C31H36ClN5O4/c1-22-27(24-5-7-26(32)8-6-24)4-2-10-31(22,41-15-3-12-37-13-16-40-17-14-37)36-30-29-25(9-11-34-30)18-23(20-35-29)19-33-21-28(38)39/h2,4-11,18,20,22,33H,3,12-17,19,21H2,1H3,(H,34,36)(H,38,39). The molecule has 0 amide bonds. The molecule has 216 valence electrons. The second kappa shape index (κ2) is 13.5. The number of fused-ring (bicyclic) bond motifs is 1. The van der Waals surface area contributed by atoms with Gasteiger partial charge in [-0.05, 0) is 53.5 Å². The minimum atomic E-state index is -0.897. The zero-order valence-corrected chi connectivity index (χ0v) is 23.9. The number of ether oxygens (including phenoxy) is 2. The smallest absolute Gasteiger partial charge is 0.317 e. The summed E-state index contributed by atoms with van der Waals surface area (Å²) in [6.45, 7) is 7.41. The molecule has 0 bridgehead atoms. The number of carboxylic acid groups (broad SMARTS) is 1. The van der Waals surface area contributed by atoms with Gasteiger partial charge in [0.2, 0.25) is 0 Å². The van der Waals surface area contributed by atoms with Crippen molar-refractivity contribution in [1.82, 2.24) is 20.2 Å². The summed E-state index contributed by atoms with van der Waals surface area (Å²) < 4.78 is 12.2. The molecule has 3 heterocycles. The lowest BCUT2D eigenvalue weighted by Crippen LogP contribution is -2.48. The third-order valence-electron chi connectivity index (χ3n) is 7.55. The molecule has 1 saturated heterocycles. The van der Waals surface area contributed by atoms with Crippen LogP contribution >= 0.6 is 11.6 Å². The van der Waals surface area contributed by atoms with Crippen LogP contribution in [0.25, 0.3) is 16.5 Å². The van der Waals surface area contributed by atoms with Crippen LogP contribution in [0.4, 0.5) is 5.82 Å². The summed E-state index contributed by atoms with van der Waals surface area (Å²) in [5, 5.41) is 17.1. The number of aromatic nitrogens is 2. The van der Waals surface area contributed by atoms with Gasteiger partial charge >= 0.3 is 5.97 Å². The SMILES string of the molecule is CC1C(c2ccc(Cl)cc2)=CC=CC1(Nc1nccc2cc(CNCC(=O)O)cnc12)OCCCN1CCOCC1. The Balaban J connectivity index is 1.39. The van der Waals surface area contributed by atoms with Gasteiger partial charge < -0.3 is 25.2 Å². The highest BCUT2D eigenvalue weighted by molar-refractivity contribution is 6.30. The number of pyridine rings is 2. The maximum atomic E-state index is 10.9. The quantitative estimate of drug-likeness (QED) is 0.210. The Hall–Kier alpha value is -3.34. The van der Waals surface area contributed by atoms with Gasteiger partial charge in [-0.15, -0.1) is 0 Å². The molecule has 1 fully saturated rings. The van der Waals surface area contributed by atoms with E-state index in [1.807, 2.05) is 42.5 Å². The van der Waals surface area contributed by atoms with Crippen LogP contribution in [0.1, 0.15) is 24.5 Å². The molecule has 2 atom stereocenters. The van der Waals surface area contributed by atoms with Crippen molar-refractivity contribution in [3.05, 3.63) is 83.2 Å². The highest BCUT2D eigenvalue weighted by Crippen LogP contribution is 2.40. The monoisotopic (exact) mass is 577 g/mol. The van der Waals surface area contributed by atoms with Crippen molar-refractivity contribution in [3.8, 4) is 0 Å². The molecule has 2 unspecified atom stereocenters. The Kier molecular flexibility index (Phi) is 9.64. The molecule has 41 heavy (non-hydrogen) atoms. The number of hydrogen-bond acceptors (Lipinski definition) is 8. The molecule has 5 rings (SSSR count). The van der Waals surface area contributed by atoms with Crippen molar-refractivity contribution in [3.63, 3.8) is 0 Å². The largest absolute Gasteiger partial charge is 0.480 e. The van der Waals surface area contributed by atoms with E-state index in [1.54, 1.807) is 12.4 Å². The maximum absolute atomic E-state index is 10.9. The number of carbonyl (C=O) groups is 1. The van der Waals surface area contributed by atoms with E-state index in [9.17, 15) is 4.79 Å². The van der Waals surface area contributed by atoms with Crippen LogP contribution in [0.3, 0.4) is 0 Å². The predicted molar refractivity (Wildman–Crippen MR) is 161 cm³/mol. The average molecular weight is 578 g/mol. The summed E-state index contributed by atoms with van der Waals surface area (Å²) in [6.07, 6.45) is 10.6. The van der Waals surface area contributed by atoms with Gasteiger partial charge in [-0.3, -0.25) is 14.7 Å². The zero-order chi connectivity index (χ0) is 28.7. The van der Waals surface area contributed by atoms with Gasteiger partial charge in [-0.1, -0.05) is 42.8 Å². The summed E-state index contributed by atoms with van der Waals surface area (Å²) in [5.41, 5.74) is 2.96. The molecule has 1 aliphatic heterocycles. The third-order valence-corrected chi connectivity index (χ3v) is 7.80. The van der Waals surface area contributed by atoms with Crippen molar-refractivity contribution in [2.24, 2.45) is 5.92 Å². The lowest BCUT2D eigenvalue weighted by molar-refractivity contribution is -0.136. The van der Waals surface area contributed by atoms with Gasteiger partial charge in [0.05, 0.1) is 26.4 Å². The number of hydrogen-bond donors (Lipinski definition) is 3. The molecule has 1 aliphatic carbocycles. The first-order chi connectivity index (χ1) is 19.9. The minimum Gasteiger partial charge on any atom is -0.480 e. The summed E-state index contributed by atoms with van der Waals surface area (Å²) in [7, 11) is 0. The highest BCUT2D eigenvalue weighted by Gasteiger charge is 2.40. The van der Waals surface area contributed by atoms with Crippen LogP contribution < -0.4 is 10.6 Å². The van der Waals surface area contributed by atoms with E-state index in [0.29, 0.717) is 29.5 Å². The lowest BCUT2D eigenvalue weighted by Gasteiger charge is -2.41. The fourth-order valence-electron chi connectivity index (χ4n) is 5.31. The van der Waals surface area contributed by atoms with E-state index in [1.165, 1.54) is 0 Å². The van der Waals surface area contributed by atoms with Gasteiger partial charge in [-0.2, -0.15) is 0 Å². The van der Waals surface area contributed by atoms with Crippen molar-refractivity contribution >= 4 is 39.9 Å². The Bertz CT molecular complexity index is 1410. The fraction of sp³-hybridized carbons (Fsp3) is 0.387. The van der Waals surface area contributed by atoms with Gasteiger partial charge in [0.15, 0.2) is 11.5 Å². The molecule has 10 heteroatoms. The zero-order valence-electron chi connectivity index (χ0n) is 23.2. The van der Waals surface area contributed by atoms with Gasteiger partial charge in [-0.25, -0.2) is 4.98 Å². The van der Waals surface area contributed by atoms with Crippen molar-refractivity contribution in [1.29, 1.82) is 0 Å². The van der Waals surface area contributed by atoms with Crippen LogP contribution in [0, 0.1) is 5.92 Å². The molecule has 9 nitrogen and oxygen atoms in total. The number of anilines is 1. The molecule has 0 spiro atoms. The summed E-state index contributed by atoms with van der Waals surface area (Å²) in [6, 6.07) is 11.8. The summed E-state index contributed by atoms with van der Waals surface area (Å²) in [5.74, 6) is -0.338. The van der Waals surface area contributed by atoms with Crippen molar-refractivity contribution in [2.75, 3.05) is 51.3 Å². The molecular weight excluding hydrogens is 542 g/mol. The fourth-order valence-corrected chi connectivity index (χ4v) is 5.43. The van der Waals surface area contributed by atoms with Crippen LogP contribution in [0.5, 0.6) is 0 Å². The van der Waals surface area contributed by atoms with Crippen molar-refractivity contribution < 1.29 is 19.4 Å². The molecule has 3 N–H and O–H groups in total. The first-order valence-corrected chi connectivity index (χ1v) is 14.3. The molecule has 2 aromatic heterocycles. The molecule has 1 aromatic carbocycles. The van der Waals surface area contributed by atoms with Crippen LogP contribution in [-0.2, 0) is 20.8 Å². The first-order valence-electron chi connectivity index (χ1n) is 14.0. The predicted octanol–water partition coefficient (Wildman–Crippen LogP) is 4.59. The van der Waals surface area contributed by atoms with Gasteiger partial charge in [0, 0.05) is 54.9 Å². The summed E-state index contributed by atoms with van der Waals surface area (Å²) in [4.78, 5) is 22.6. The lowest BCUT2D eigenvalue weighted by atomic mass is 9.81. The first kappa shape index (κ1) is 29.2. The Morgan fingerprint density at radius 3 is 2.80 bits per heavy atom. The normalized spacial score (nSPS) is 21.1. The number of allylic oxidation sites excluding steroid dienone is 2. The molecular formula is C31H36ClN5O4. The Labute approximate surface area is 245 Å². The topological polar surface area (TPSA) is 109 Å². The van der Waals surface area contributed by atoms with Crippen LogP contribution in [0.15, 0.2) is 67.0 Å². The van der Waals surface area contributed by atoms with Gasteiger partial charge in [0.1, 0.15) is 5.52 Å². The van der Waals surface area contributed by atoms with E-state index in [2.05, 4.69) is 39.6 Å². The second-order valence-electron chi connectivity index (χ2n) is 10.4. The number of nitrogens with zero attached hydrogens (tertiary/aromatic N) is 3. The number of aliphatic carboxylic acids is 1. The van der Waals surface area contributed by atoms with Crippen LogP contribution in [-0.4, -0.2) is 77.7 Å². The maximum Gasteiger partial charge on any atom is 0.317 e. The van der Waals surface area contributed by atoms with E-state index in [-0.39, 0.29) is 12.5 Å². The number of morpholine rings is 1. The summed E-state index contributed by atoms with van der Waals surface area (Å²) >= 11 is 6.18. The second-order valence-corrected chi connectivity index (χ2v) is 10.8. The van der Waals surface area contributed by atoms with Crippen molar-refractivity contribution in [2.45, 2.75) is 25.6 Å². The van der Waals surface area contributed by atoms with E-state index < -0.39 is 11.7 Å². The van der Waals surface area contributed by atoms with E-state index >= 15 is 0 Å². The number of nitrogens with one attached hydrogen (secondary N) is 2. The van der Waals surface area contributed by atoms with Crippen LogP contribution in [0.2, 0.25) is 5.02 Å².